The van der Waals surface area contributed by atoms with E-state index in [0.29, 0.717) is 41.1 Å². The molecule has 0 aliphatic heterocycles. The zero-order chi connectivity index (χ0) is 30.5. The van der Waals surface area contributed by atoms with Crippen molar-refractivity contribution < 1.29 is 19.4 Å². The predicted octanol–water partition coefficient (Wildman–Crippen LogP) is 9.29. The molecule has 3 unspecified atom stereocenters. The number of fused-ring (bicyclic) bond motifs is 7. The maximum atomic E-state index is 13.0. The molecule has 5 aliphatic carbocycles. The molecule has 1 aromatic rings. The molecular formula is C38H54O4. The minimum absolute atomic E-state index is 0.0259. The number of carboxylic acids is 1. The number of ether oxygens (including phenoxy) is 1. The third-order valence-corrected chi connectivity index (χ3v) is 15.0. The molecular weight excluding hydrogens is 520 g/mol. The molecule has 9 atom stereocenters. The summed E-state index contributed by atoms with van der Waals surface area (Å²) < 4.78 is 4.93. The highest BCUT2D eigenvalue weighted by Gasteiger charge is 2.71. The lowest BCUT2D eigenvalue weighted by Gasteiger charge is -2.72. The zero-order valence-electron chi connectivity index (χ0n) is 27.4. The largest absolute Gasteiger partial charge is 0.481 e. The molecule has 42 heavy (non-hydrogen) atoms. The Morgan fingerprint density at radius 2 is 1.55 bits per heavy atom. The third-order valence-electron chi connectivity index (χ3n) is 15.0. The fraction of sp³-hybridized carbons (Fsp3) is 0.737. The highest BCUT2D eigenvalue weighted by atomic mass is 16.5. The van der Waals surface area contributed by atoms with Crippen molar-refractivity contribution >= 4 is 17.5 Å². The molecule has 5 aliphatic rings. The van der Waals surface area contributed by atoms with Gasteiger partial charge in [0.25, 0.3) is 0 Å². The van der Waals surface area contributed by atoms with Crippen molar-refractivity contribution in [2.45, 2.75) is 106 Å². The quantitative estimate of drug-likeness (QED) is 0.364. The van der Waals surface area contributed by atoms with E-state index < -0.39 is 11.4 Å². The van der Waals surface area contributed by atoms with Gasteiger partial charge in [-0.1, -0.05) is 66.7 Å². The van der Waals surface area contributed by atoms with E-state index in [4.69, 9.17) is 4.74 Å². The van der Waals surface area contributed by atoms with Crippen LogP contribution in [0.3, 0.4) is 0 Å². The van der Waals surface area contributed by atoms with Gasteiger partial charge in [-0.25, -0.2) is 4.79 Å². The number of hydrogen-bond donors (Lipinski definition) is 1. The predicted molar refractivity (Wildman–Crippen MR) is 168 cm³/mol. The standard InChI is InChI=1S/C38H54O4/c1-23(2)26-15-20-38(33(40)41)22-21-36(6)28(31(26)38)13-14-30-35(5)18-16-27(24-9-11-25(12-10-24)32(39)42-8)34(3,4)29(35)17-19-37(30,36)7/h9-12,16,23,26,28-31H,13-15,17-22H2,1-8H3,(H,40,41)/t26-,28+,29?,30?,31?,35-,36+,37+,38-/m0/s1. The molecule has 0 heterocycles. The molecule has 1 N–H and O–H groups in total. The summed E-state index contributed by atoms with van der Waals surface area (Å²) in [6.45, 7) is 17.4. The van der Waals surface area contributed by atoms with E-state index >= 15 is 0 Å². The molecule has 0 aromatic heterocycles. The van der Waals surface area contributed by atoms with Gasteiger partial charge in [0.15, 0.2) is 0 Å². The third kappa shape index (κ3) is 3.78. The lowest BCUT2D eigenvalue weighted by molar-refractivity contribution is -0.230. The smallest absolute Gasteiger partial charge is 0.337 e. The lowest BCUT2D eigenvalue weighted by Crippen LogP contribution is -2.66. The van der Waals surface area contributed by atoms with Crippen LogP contribution in [0.5, 0.6) is 0 Å². The Morgan fingerprint density at radius 3 is 2.17 bits per heavy atom. The van der Waals surface area contributed by atoms with Gasteiger partial charge in [-0.2, -0.15) is 0 Å². The van der Waals surface area contributed by atoms with Crippen molar-refractivity contribution in [3.63, 3.8) is 0 Å². The van der Waals surface area contributed by atoms with Gasteiger partial charge in [0, 0.05) is 0 Å². The van der Waals surface area contributed by atoms with Crippen LogP contribution in [0, 0.1) is 62.6 Å². The topological polar surface area (TPSA) is 63.6 Å². The van der Waals surface area contributed by atoms with Crippen LogP contribution in [0.25, 0.3) is 5.57 Å². The number of benzene rings is 1. The minimum Gasteiger partial charge on any atom is -0.481 e. The molecule has 0 amide bonds. The van der Waals surface area contributed by atoms with E-state index in [0.717, 1.165) is 32.1 Å². The van der Waals surface area contributed by atoms with E-state index in [1.807, 2.05) is 12.1 Å². The molecule has 0 radical (unpaired) electrons. The van der Waals surface area contributed by atoms with Gasteiger partial charge < -0.3 is 9.84 Å². The first-order valence-corrected chi connectivity index (χ1v) is 16.8. The molecule has 0 bridgehead atoms. The first-order valence-electron chi connectivity index (χ1n) is 16.8. The first-order chi connectivity index (χ1) is 19.7. The second-order valence-electron chi connectivity index (χ2n) is 16.7. The number of methoxy groups -OCH3 is 1. The number of aliphatic carboxylic acids is 1. The fourth-order valence-electron chi connectivity index (χ4n) is 12.8. The van der Waals surface area contributed by atoms with Crippen LogP contribution in [-0.2, 0) is 9.53 Å². The minimum atomic E-state index is -0.507. The molecule has 0 saturated heterocycles. The monoisotopic (exact) mass is 574 g/mol. The number of hydrogen-bond acceptors (Lipinski definition) is 3. The van der Waals surface area contributed by atoms with Gasteiger partial charge in [-0.05, 0) is 138 Å². The molecule has 4 fully saturated rings. The van der Waals surface area contributed by atoms with Crippen LogP contribution in [0.1, 0.15) is 122 Å². The average molecular weight is 575 g/mol. The van der Waals surface area contributed by atoms with Gasteiger partial charge in [0.05, 0.1) is 18.1 Å². The zero-order valence-corrected chi connectivity index (χ0v) is 27.4. The van der Waals surface area contributed by atoms with Gasteiger partial charge in [-0.15, -0.1) is 0 Å². The molecule has 4 saturated carbocycles. The van der Waals surface area contributed by atoms with Gasteiger partial charge in [-0.3, -0.25) is 4.79 Å². The number of carbonyl (C=O) groups excluding carboxylic acids is 1. The van der Waals surface area contributed by atoms with E-state index in [2.05, 4.69) is 66.7 Å². The van der Waals surface area contributed by atoms with Crippen molar-refractivity contribution in [2.75, 3.05) is 7.11 Å². The molecule has 0 spiro atoms. The Balaban J connectivity index is 1.35. The summed E-state index contributed by atoms with van der Waals surface area (Å²) in [6.07, 6.45) is 12.4. The Kier molecular flexibility index (Phi) is 6.92. The molecule has 230 valence electrons. The van der Waals surface area contributed by atoms with E-state index in [1.165, 1.54) is 43.9 Å². The number of esters is 1. The summed E-state index contributed by atoms with van der Waals surface area (Å²) in [5.74, 6) is 2.33. The maximum absolute atomic E-state index is 13.0. The van der Waals surface area contributed by atoms with E-state index in [-0.39, 0.29) is 27.6 Å². The Hall–Kier alpha value is -2.10. The maximum Gasteiger partial charge on any atom is 0.337 e. The van der Waals surface area contributed by atoms with Gasteiger partial charge in [0.1, 0.15) is 0 Å². The second kappa shape index (κ2) is 9.70. The lowest BCUT2D eigenvalue weighted by atomic mass is 9.32. The van der Waals surface area contributed by atoms with Gasteiger partial charge in [0.2, 0.25) is 0 Å². The Bertz CT molecular complexity index is 1290. The van der Waals surface area contributed by atoms with Crippen LogP contribution >= 0.6 is 0 Å². The fourth-order valence-corrected chi connectivity index (χ4v) is 12.8. The van der Waals surface area contributed by atoms with Crippen LogP contribution in [0.2, 0.25) is 0 Å². The normalized spacial score (nSPS) is 43.8. The Morgan fingerprint density at radius 1 is 0.857 bits per heavy atom. The van der Waals surface area contributed by atoms with E-state index in [9.17, 15) is 14.7 Å². The molecule has 6 rings (SSSR count). The van der Waals surface area contributed by atoms with Crippen molar-refractivity contribution in [2.24, 2.45) is 62.6 Å². The summed E-state index contributed by atoms with van der Waals surface area (Å²) in [5, 5.41) is 10.7. The molecule has 4 heteroatoms. The summed E-state index contributed by atoms with van der Waals surface area (Å²) >= 11 is 0. The first kappa shape index (κ1) is 29.9. The number of allylic oxidation sites excluding steroid dienone is 2. The van der Waals surface area contributed by atoms with Crippen LogP contribution in [0.4, 0.5) is 0 Å². The summed E-state index contributed by atoms with van der Waals surface area (Å²) in [4.78, 5) is 25.0. The highest BCUT2D eigenvalue weighted by Crippen LogP contribution is 2.77. The second-order valence-corrected chi connectivity index (χ2v) is 16.7. The highest BCUT2D eigenvalue weighted by molar-refractivity contribution is 5.90. The Labute approximate surface area is 254 Å². The number of rotatable bonds is 4. The summed E-state index contributed by atoms with van der Waals surface area (Å²) in [6, 6.07) is 8.01. The van der Waals surface area contributed by atoms with Crippen molar-refractivity contribution in [1.29, 1.82) is 0 Å². The number of carboxylic acid groups (broad SMARTS) is 1. The number of carbonyl (C=O) groups is 2. The molecule has 4 nitrogen and oxygen atoms in total. The van der Waals surface area contributed by atoms with Gasteiger partial charge >= 0.3 is 11.9 Å². The summed E-state index contributed by atoms with van der Waals surface area (Å²) in [7, 11) is 1.43. The SMILES string of the molecule is COC(=O)c1ccc(C2=CC[C@@]3(C)C(CC[C@]4(C)C3CC[C@@H]3C5[C@H](C(C)C)CC[C@]5(C(=O)O)CC[C@]34C)C2(C)C)cc1. The van der Waals surface area contributed by atoms with Crippen molar-refractivity contribution in [3.8, 4) is 0 Å². The van der Waals surface area contributed by atoms with Crippen LogP contribution < -0.4 is 0 Å². The van der Waals surface area contributed by atoms with E-state index in [1.54, 1.807) is 0 Å². The summed E-state index contributed by atoms with van der Waals surface area (Å²) in [5.41, 5.74) is 3.38. The van der Waals surface area contributed by atoms with Crippen LogP contribution in [-0.4, -0.2) is 24.2 Å². The average Bonchev–Trinajstić information content (AvgIpc) is 3.34. The molecule has 1 aromatic carbocycles. The van der Waals surface area contributed by atoms with Crippen molar-refractivity contribution in [3.05, 3.63) is 41.5 Å². The van der Waals surface area contributed by atoms with Crippen molar-refractivity contribution in [1.82, 2.24) is 0 Å². The van der Waals surface area contributed by atoms with Crippen LogP contribution in [0.15, 0.2) is 30.3 Å².